The summed E-state index contributed by atoms with van der Waals surface area (Å²) in [5, 5.41) is 17.1. The molecule has 2 aromatic heterocycles. The number of H-pyrrole nitrogens is 1. The Morgan fingerprint density at radius 1 is 1.24 bits per heavy atom. The zero-order valence-corrected chi connectivity index (χ0v) is 13.5. The molecule has 6 heteroatoms. The summed E-state index contributed by atoms with van der Waals surface area (Å²) in [6.07, 6.45) is 5.73. The summed E-state index contributed by atoms with van der Waals surface area (Å²) in [4.78, 5) is 16.1. The minimum Gasteiger partial charge on any atom is -0.490 e. The van der Waals surface area contributed by atoms with Crippen LogP contribution in [-0.4, -0.2) is 21.3 Å². The number of fused-ring (bicyclic) bond motifs is 1. The lowest BCUT2D eigenvalue weighted by Gasteiger charge is -2.26. The number of rotatable bonds is 4. The van der Waals surface area contributed by atoms with E-state index in [-0.39, 0.29) is 11.7 Å². The van der Waals surface area contributed by atoms with Crippen LogP contribution in [-0.2, 0) is 6.42 Å². The molecule has 25 heavy (non-hydrogen) atoms. The van der Waals surface area contributed by atoms with Crippen molar-refractivity contribution in [2.45, 2.75) is 31.8 Å². The van der Waals surface area contributed by atoms with E-state index in [1.54, 1.807) is 18.3 Å². The normalized spacial score (nSPS) is 14.0. The van der Waals surface area contributed by atoms with Gasteiger partial charge < -0.3 is 4.74 Å². The van der Waals surface area contributed by atoms with Gasteiger partial charge in [0.25, 0.3) is 5.56 Å². The Bertz CT molecular complexity index is 1030. The molecule has 0 unspecified atom stereocenters. The smallest absolute Gasteiger partial charge is 0.272 e. The number of benzene rings is 1. The van der Waals surface area contributed by atoms with Crippen LogP contribution in [0.5, 0.6) is 5.75 Å². The van der Waals surface area contributed by atoms with Crippen LogP contribution in [0.3, 0.4) is 0 Å². The molecule has 0 aliphatic heterocycles. The van der Waals surface area contributed by atoms with E-state index in [0.29, 0.717) is 17.5 Å². The van der Waals surface area contributed by atoms with Gasteiger partial charge in [0, 0.05) is 18.0 Å². The standard InChI is InChI=1S/C19H16N4O2/c20-11-13-8-12(6-7-21-13)9-18-17-10-15(25-14-2-1-3-14)4-5-16(17)19(24)23-22-18/h4-8,10,14H,1-3,9H2,(H,23,24). The average Bonchev–Trinajstić information content (AvgIpc) is 2.61. The molecular weight excluding hydrogens is 316 g/mol. The fraction of sp³-hybridized carbons (Fsp3) is 0.263. The number of nitrogens with zero attached hydrogens (tertiary/aromatic N) is 3. The lowest BCUT2D eigenvalue weighted by molar-refractivity contribution is 0.120. The first kappa shape index (κ1) is 15.3. The van der Waals surface area contributed by atoms with Crippen molar-refractivity contribution in [2.24, 2.45) is 0 Å². The molecule has 1 aliphatic carbocycles. The highest BCUT2D eigenvalue weighted by Crippen LogP contribution is 2.28. The van der Waals surface area contributed by atoms with E-state index in [2.05, 4.69) is 15.2 Å². The van der Waals surface area contributed by atoms with Gasteiger partial charge in [0.15, 0.2) is 0 Å². The van der Waals surface area contributed by atoms with Crippen LogP contribution >= 0.6 is 0 Å². The van der Waals surface area contributed by atoms with Crippen LogP contribution in [0.1, 0.15) is 36.2 Å². The van der Waals surface area contributed by atoms with Gasteiger partial charge in [0.1, 0.15) is 17.5 Å². The van der Waals surface area contributed by atoms with Crippen LogP contribution in [0.2, 0.25) is 0 Å². The zero-order valence-electron chi connectivity index (χ0n) is 13.5. The van der Waals surface area contributed by atoms with E-state index in [9.17, 15) is 4.79 Å². The maximum atomic E-state index is 12.1. The molecule has 124 valence electrons. The number of nitrogens with one attached hydrogen (secondary N) is 1. The van der Waals surface area contributed by atoms with Crippen molar-refractivity contribution in [3.8, 4) is 11.8 Å². The predicted molar refractivity (Wildman–Crippen MR) is 92.4 cm³/mol. The van der Waals surface area contributed by atoms with Gasteiger partial charge >= 0.3 is 0 Å². The molecule has 1 fully saturated rings. The molecular formula is C19H16N4O2. The number of hydrogen-bond acceptors (Lipinski definition) is 5. The van der Waals surface area contributed by atoms with Crippen molar-refractivity contribution in [3.05, 3.63) is 63.8 Å². The first-order chi connectivity index (χ1) is 12.2. The molecule has 0 atom stereocenters. The highest BCUT2D eigenvalue weighted by atomic mass is 16.5. The minimum atomic E-state index is -0.221. The Morgan fingerprint density at radius 3 is 2.88 bits per heavy atom. The molecule has 1 N–H and O–H groups in total. The van der Waals surface area contributed by atoms with E-state index < -0.39 is 0 Å². The number of aromatic amines is 1. The fourth-order valence-corrected chi connectivity index (χ4v) is 2.93. The third-order valence-corrected chi connectivity index (χ3v) is 4.50. The quantitative estimate of drug-likeness (QED) is 0.793. The van der Waals surface area contributed by atoms with E-state index in [4.69, 9.17) is 10.00 Å². The molecule has 0 amide bonds. The summed E-state index contributed by atoms with van der Waals surface area (Å²) in [7, 11) is 0. The molecule has 3 aromatic rings. The molecule has 6 nitrogen and oxygen atoms in total. The molecule has 0 radical (unpaired) electrons. The van der Waals surface area contributed by atoms with E-state index >= 15 is 0 Å². The van der Waals surface area contributed by atoms with Gasteiger partial charge in [-0.3, -0.25) is 4.79 Å². The predicted octanol–water partition coefficient (Wildman–Crippen LogP) is 2.71. The van der Waals surface area contributed by atoms with Gasteiger partial charge in [-0.05, 0) is 55.2 Å². The highest BCUT2D eigenvalue weighted by molar-refractivity contribution is 5.85. The lowest BCUT2D eigenvalue weighted by atomic mass is 9.96. The van der Waals surface area contributed by atoms with Crippen LogP contribution in [0, 0.1) is 11.3 Å². The van der Waals surface area contributed by atoms with Crippen LogP contribution in [0.4, 0.5) is 0 Å². The first-order valence-electron chi connectivity index (χ1n) is 8.26. The Kier molecular flexibility index (Phi) is 3.90. The summed E-state index contributed by atoms with van der Waals surface area (Å²) >= 11 is 0. The van der Waals surface area contributed by atoms with Crippen molar-refractivity contribution in [1.29, 1.82) is 5.26 Å². The maximum Gasteiger partial charge on any atom is 0.272 e. The van der Waals surface area contributed by atoms with Crippen LogP contribution < -0.4 is 10.3 Å². The van der Waals surface area contributed by atoms with Crippen molar-refractivity contribution in [3.63, 3.8) is 0 Å². The largest absolute Gasteiger partial charge is 0.490 e. The van der Waals surface area contributed by atoms with Gasteiger partial charge in [-0.15, -0.1) is 0 Å². The minimum absolute atomic E-state index is 0.221. The first-order valence-corrected chi connectivity index (χ1v) is 8.26. The van der Waals surface area contributed by atoms with Gasteiger partial charge in [-0.1, -0.05) is 0 Å². The lowest BCUT2D eigenvalue weighted by Crippen LogP contribution is -2.24. The number of hydrogen-bond donors (Lipinski definition) is 1. The van der Waals surface area contributed by atoms with Crippen molar-refractivity contribution in [1.82, 2.24) is 15.2 Å². The van der Waals surface area contributed by atoms with Gasteiger partial charge in [0.05, 0.1) is 17.2 Å². The summed E-state index contributed by atoms with van der Waals surface area (Å²) < 4.78 is 5.95. The van der Waals surface area contributed by atoms with Crippen LogP contribution in [0.25, 0.3) is 10.8 Å². The van der Waals surface area contributed by atoms with Gasteiger partial charge in [-0.25, -0.2) is 10.1 Å². The van der Waals surface area contributed by atoms with Gasteiger partial charge in [0.2, 0.25) is 0 Å². The SMILES string of the molecule is N#Cc1cc(Cc2n[nH]c(=O)c3ccc(OC4CCC4)cc23)ccn1. The Balaban J connectivity index is 1.73. The third kappa shape index (κ3) is 3.09. The van der Waals surface area contributed by atoms with Crippen molar-refractivity contribution < 1.29 is 4.74 Å². The second kappa shape index (κ2) is 6.36. The zero-order chi connectivity index (χ0) is 17.2. The molecule has 1 aromatic carbocycles. The maximum absolute atomic E-state index is 12.1. The topological polar surface area (TPSA) is 91.7 Å². The molecule has 1 aliphatic rings. The number of pyridine rings is 1. The molecule has 2 heterocycles. The van der Waals surface area contributed by atoms with Crippen molar-refractivity contribution >= 4 is 10.8 Å². The molecule has 0 bridgehead atoms. The van der Waals surface area contributed by atoms with Crippen molar-refractivity contribution in [2.75, 3.05) is 0 Å². The molecule has 0 spiro atoms. The second-order valence-corrected chi connectivity index (χ2v) is 6.22. The third-order valence-electron chi connectivity index (χ3n) is 4.50. The average molecular weight is 332 g/mol. The fourth-order valence-electron chi connectivity index (χ4n) is 2.93. The summed E-state index contributed by atoms with van der Waals surface area (Å²) in [5.41, 5.74) is 1.79. The monoisotopic (exact) mass is 332 g/mol. The van der Waals surface area contributed by atoms with Gasteiger partial charge in [-0.2, -0.15) is 10.4 Å². The number of ether oxygens (including phenoxy) is 1. The molecule has 1 saturated carbocycles. The Morgan fingerprint density at radius 2 is 2.12 bits per heavy atom. The molecule has 0 saturated heterocycles. The number of nitriles is 1. The van der Waals surface area contributed by atoms with E-state index in [0.717, 1.165) is 35.2 Å². The second-order valence-electron chi connectivity index (χ2n) is 6.22. The molecule has 4 rings (SSSR count). The van der Waals surface area contributed by atoms with Crippen LogP contribution in [0.15, 0.2) is 41.3 Å². The van der Waals surface area contributed by atoms with E-state index in [1.807, 2.05) is 24.3 Å². The summed E-state index contributed by atoms with van der Waals surface area (Å²) in [5.74, 6) is 0.762. The number of aromatic nitrogens is 3. The summed E-state index contributed by atoms with van der Waals surface area (Å²) in [6, 6.07) is 11.1. The Hall–Kier alpha value is -3.20. The summed E-state index contributed by atoms with van der Waals surface area (Å²) in [6.45, 7) is 0. The Labute approximate surface area is 144 Å². The van der Waals surface area contributed by atoms with E-state index in [1.165, 1.54) is 6.42 Å². The highest BCUT2D eigenvalue weighted by Gasteiger charge is 2.19.